The zero-order chi connectivity index (χ0) is 19.0. The SMILES string of the molecule is CC(C)n1ncc2cc(CNC[C@@H]3CCc4c(C(N)=O)cnn4C3)cnc21. The van der Waals surface area contributed by atoms with E-state index in [0.29, 0.717) is 17.5 Å². The van der Waals surface area contributed by atoms with Crippen molar-refractivity contribution < 1.29 is 4.79 Å². The van der Waals surface area contributed by atoms with Crippen LogP contribution in [0.2, 0.25) is 0 Å². The second-order valence-electron chi connectivity index (χ2n) is 7.53. The third-order valence-corrected chi connectivity index (χ3v) is 5.18. The van der Waals surface area contributed by atoms with Crippen molar-refractivity contribution in [1.82, 2.24) is 29.9 Å². The molecule has 3 aromatic rings. The third kappa shape index (κ3) is 3.44. The normalized spacial score (nSPS) is 16.8. The number of nitrogens with one attached hydrogen (secondary N) is 1. The zero-order valence-electron chi connectivity index (χ0n) is 15.7. The molecule has 1 aliphatic heterocycles. The van der Waals surface area contributed by atoms with Crippen LogP contribution in [0, 0.1) is 5.92 Å². The summed E-state index contributed by atoms with van der Waals surface area (Å²) in [5.41, 5.74) is 9.01. The number of nitrogens with two attached hydrogens (primary N) is 1. The van der Waals surface area contributed by atoms with Gasteiger partial charge in [-0.2, -0.15) is 10.2 Å². The molecule has 0 spiro atoms. The van der Waals surface area contributed by atoms with Gasteiger partial charge in [0.1, 0.15) is 0 Å². The van der Waals surface area contributed by atoms with Crippen molar-refractivity contribution in [2.24, 2.45) is 11.7 Å². The number of primary amides is 1. The molecule has 1 aliphatic rings. The van der Waals surface area contributed by atoms with Gasteiger partial charge >= 0.3 is 0 Å². The lowest BCUT2D eigenvalue weighted by molar-refractivity contribution is 0.0998. The van der Waals surface area contributed by atoms with Crippen LogP contribution in [-0.2, 0) is 19.5 Å². The highest BCUT2D eigenvalue weighted by molar-refractivity contribution is 5.93. The average molecular weight is 367 g/mol. The molecule has 27 heavy (non-hydrogen) atoms. The van der Waals surface area contributed by atoms with Crippen molar-refractivity contribution in [2.75, 3.05) is 6.54 Å². The minimum atomic E-state index is -0.392. The van der Waals surface area contributed by atoms with Gasteiger partial charge in [0, 0.05) is 37.3 Å². The van der Waals surface area contributed by atoms with E-state index in [-0.39, 0.29) is 0 Å². The van der Waals surface area contributed by atoms with Gasteiger partial charge in [-0.25, -0.2) is 9.67 Å². The van der Waals surface area contributed by atoms with Crippen LogP contribution in [0.4, 0.5) is 0 Å². The van der Waals surface area contributed by atoms with E-state index in [0.717, 1.165) is 54.8 Å². The van der Waals surface area contributed by atoms with E-state index in [1.807, 2.05) is 21.8 Å². The summed E-state index contributed by atoms with van der Waals surface area (Å²) >= 11 is 0. The standard InChI is InChI=1S/C19H25N7O/c1-12(2)26-19-15(9-24-26)5-14(8-22-19)7-21-6-13-3-4-17-16(18(20)27)10-23-25(17)11-13/h5,8-10,12-13,21H,3-4,6-7,11H2,1-2H3,(H2,20,27)/t13-/m0/s1. The van der Waals surface area contributed by atoms with Gasteiger partial charge in [-0.3, -0.25) is 9.48 Å². The summed E-state index contributed by atoms with van der Waals surface area (Å²) in [6, 6.07) is 2.44. The van der Waals surface area contributed by atoms with Gasteiger partial charge in [0.25, 0.3) is 5.91 Å². The molecule has 0 saturated heterocycles. The first-order valence-corrected chi connectivity index (χ1v) is 9.40. The molecule has 8 nitrogen and oxygen atoms in total. The molecule has 0 saturated carbocycles. The number of carbonyl (C=O) groups excluding carboxylic acids is 1. The molecule has 3 aromatic heterocycles. The fraction of sp³-hybridized carbons (Fsp3) is 0.474. The second-order valence-corrected chi connectivity index (χ2v) is 7.53. The number of amides is 1. The zero-order valence-corrected chi connectivity index (χ0v) is 15.7. The summed E-state index contributed by atoms with van der Waals surface area (Å²) in [6.07, 6.45) is 7.25. The van der Waals surface area contributed by atoms with Crippen molar-refractivity contribution >= 4 is 16.9 Å². The number of pyridine rings is 1. The predicted molar refractivity (Wildman–Crippen MR) is 102 cm³/mol. The molecule has 3 N–H and O–H groups in total. The minimum absolute atomic E-state index is 0.299. The molecule has 4 rings (SSSR count). The van der Waals surface area contributed by atoms with Gasteiger partial charge in [-0.05, 0) is 44.2 Å². The molecule has 142 valence electrons. The molecule has 0 aliphatic carbocycles. The summed E-state index contributed by atoms with van der Waals surface area (Å²) in [6.45, 7) is 6.68. The quantitative estimate of drug-likeness (QED) is 0.690. The van der Waals surface area contributed by atoms with Crippen LogP contribution in [0.25, 0.3) is 11.0 Å². The summed E-state index contributed by atoms with van der Waals surface area (Å²) in [7, 11) is 0. The van der Waals surface area contributed by atoms with Crippen LogP contribution in [0.3, 0.4) is 0 Å². The van der Waals surface area contributed by atoms with Gasteiger partial charge in [-0.1, -0.05) is 0 Å². The Bertz CT molecular complexity index is 972. The maximum absolute atomic E-state index is 11.4. The summed E-state index contributed by atoms with van der Waals surface area (Å²) in [4.78, 5) is 16.0. The lowest BCUT2D eigenvalue weighted by Gasteiger charge is -2.24. The Labute approximate surface area is 157 Å². The number of hydrogen-bond acceptors (Lipinski definition) is 5. The lowest BCUT2D eigenvalue weighted by atomic mass is 9.96. The van der Waals surface area contributed by atoms with Crippen LogP contribution in [0.5, 0.6) is 0 Å². The van der Waals surface area contributed by atoms with Gasteiger partial charge in [0.15, 0.2) is 5.65 Å². The smallest absolute Gasteiger partial charge is 0.252 e. The topological polar surface area (TPSA) is 104 Å². The highest BCUT2D eigenvalue weighted by atomic mass is 16.1. The summed E-state index contributed by atoms with van der Waals surface area (Å²) in [5, 5.41) is 13.3. The third-order valence-electron chi connectivity index (χ3n) is 5.18. The Morgan fingerprint density at radius 1 is 1.33 bits per heavy atom. The molecule has 0 bridgehead atoms. The molecule has 1 atom stereocenters. The Balaban J connectivity index is 1.35. The number of nitrogens with zero attached hydrogens (tertiary/aromatic N) is 5. The molecular weight excluding hydrogens is 342 g/mol. The van der Waals surface area contributed by atoms with Gasteiger partial charge in [0.05, 0.1) is 23.7 Å². The molecule has 0 unspecified atom stereocenters. The van der Waals surface area contributed by atoms with Crippen molar-refractivity contribution in [2.45, 2.75) is 45.8 Å². The van der Waals surface area contributed by atoms with E-state index in [2.05, 4.69) is 40.4 Å². The van der Waals surface area contributed by atoms with Gasteiger partial charge in [-0.15, -0.1) is 0 Å². The molecule has 8 heteroatoms. The molecule has 1 amide bonds. The molecule has 0 aromatic carbocycles. The first kappa shape index (κ1) is 17.7. The fourth-order valence-corrected chi connectivity index (χ4v) is 3.76. The molecule has 0 fully saturated rings. The van der Waals surface area contributed by atoms with E-state index in [1.165, 1.54) is 0 Å². The monoisotopic (exact) mass is 367 g/mol. The van der Waals surface area contributed by atoms with E-state index < -0.39 is 5.91 Å². The Kier molecular flexibility index (Phi) is 4.65. The number of fused-ring (bicyclic) bond motifs is 2. The van der Waals surface area contributed by atoms with E-state index in [4.69, 9.17) is 5.73 Å². The number of hydrogen-bond donors (Lipinski definition) is 2. The molecule has 0 radical (unpaired) electrons. The first-order chi connectivity index (χ1) is 13.0. The Morgan fingerprint density at radius 2 is 2.19 bits per heavy atom. The number of rotatable bonds is 6. The van der Waals surface area contributed by atoms with E-state index in [9.17, 15) is 4.79 Å². The van der Waals surface area contributed by atoms with E-state index >= 15 is 0 Å². The minimum Gasteiger partial charge on any atom is -0.365 e. The number of carbonyl (C=O) groups is 1. The first-order valence-electron chi connectivity index (χ1n) is 9.40. The predicted octanol–water partition coefficient (Wildman–Crippen LogP) is 1.66. The average Bonchev–Trinajstić information content (AvgIpc) is 3.25. The maximum atomic E-state index is 11.4. The highest BCUT2D eigenvalue weighted by Gasteiger charge is 2.23. The van der Waals surface area contributed by atoms with Gasteiger partial charge in [0.2, 0.25) is 0 Å². The van der Waals surface area contributed by atoms with Crippen molar-refractivity contribution in [3.63, 3.8) is 0 Å². The van der Waals surface area contributed by atoms with Crippen LogP contribution >= 0.6 is 0 Å². The van der Waals surface area contributed by atoms with Crippen molar-refractivity contribution in [1.29, 1.82) is 0 Å². The fourth-order valence-electron chi connectivity index (χ4n) is 3.76. The van der Waals surface area contributed by atoms with Crippen LogP contribution < -0.4 is 11.1 Å². The van der Waals surface area contributed by atoms with Crippen LogP contribution in [-0.4, -0.2) is 37.0 Å². The van der Waals surface area contributed by atoms with Crippen molar-refractivity contribution in [3.8, 4) is 0 Å². The van der Waals surface area contributed by atoms with Crippen LogP contribution in [0.15, 0.2) is 24.7 Å². The van der Waals surface area contributed by atoms with Gasteiger partial charge < -0.3 is 11.1 Å². The molecule has 4 heterocycles. The Morgan fingerprint density at radius 3 is 2.96 bits per heavy atom. The van der Waals surface area contributed by atoms with E-state index in [1.54, 1.807) is 6.20 Å². The lowest BCUT2D eigenvalue weighted by Crippen LogP contribution is -2.31. The summed E-state index contributed by atoms with van der Waals surface area (Å²) < 4.78 is 3.86. The maximum Gasteiger partial charge on any atom is 0.252 e. The van der Waals surface area contributed by atoms with Crippen LogP contribution in [0.1, 0.15) is 47.9 Å². The number of aromatic nitrogens is 5. The van der Waals surface area contributed by atoms with Crippen molar-refractivity contribution in [3.05, 3.63) is 41.5 Å². The largest absolute Gasteiger partial charge is 0.365 e. The molecular formula is C19H25N7O. The Hall–Kier alpha value is -2.74. The second kappa shape index (κ2) is 7.11. The summed E-state index contributed by atoms with van der Waals surface area (Å²) in [5.74, 6) is 0.0926. The highest BCUT2D eigenvalue weighted by Crippen LogP contribution is 2.22.